The Morgan fingerprint density at radius 3 is 2.72 bits per heavy atom. The number of carbonyl (C=O) groups excluding carboxylic acids is 2. The molecule has 1 aliphatic carbocycles. The molecule has 0 N–H and O–H groups in total. The van der Waals surface area contributed by atoms with Crippen molar-refractivity contribution in [2.75, 3.05) is 0 Å². The number of carbonyl (C=O) groups is 2. The predicted octanol–water partition coefficient (Wildman–Crippen LogP) is 2.28. The number of rotatable bonds is 2. The van der Waals surface area contributed by atoms with Crippen LogP contribution in [0.15, 0.2) is 24.3 Å². The van der Waals surface area contributed by atoms with E-state index in [-0.39, 0.29) is 23.1 Å². The average molecular weight is 243 g/mol. The van der Waals surface area contributed by atoms with E-state index in [0.29, 0.717) is 6.54 Å². The summed E-state index contributed by atoms with van der Waals surface area (Å²) in [6, 6.07) is 7.98. The minimum atomic E-state index is -0.275. The molecule has 3 aliphatic rings. The third kappa shape index (κ3) is 1.57. The van der Waals surface area contributed by atoms with Crippen molar-refractivity contribution in [3.05, 3.63) is 35.4 Å². The summed E-state index contributed by atoms with van der Waals surface area (Å²) >= 11 is 0. The Balaban J connectivity index is 1.84. The molecule has 0 atom stereocenters. The van der Waals surface area contributed by atoms with Gasteiger partial charge in [-0.1, -0.05) is 36.8 Å². The smallest absolute Gasteiger partial charge is 0.235 e. The number of imide groups is 1. The number of hydrogen-bond acceptors (Lipinski definition) is 2. The maximum Gasteiger partial charge on any atom is 0.235 e. The van der Waals surface area contributed by atoms with Crippen molar-refractivity contribution in [3.8, 4) is 0 Å². The molecule has 0 aromatic heterocycles. The van der Waals surface area contributed by atoms with Crippen molar-refractivity contribution in [1.29, 1.82) is 0 Å². The van der Waals surface area contributed by atoms with E-state index in [9.17, 15) is 9.59 Å². The van der Waals surface area contributed by atoms with Crippen molar-refractivity contribution in [3.63, 3.8) is 0 Å². The van der Waals surface area contributed by atoms with Crippen LogP contribution in [0.3, 0.4) is 0 Å². The molecule has 2 saturated heterocycles. The maximum atomic E-state index is 12.3. The fourth-order valence-corrected chi connectivity index (χ4v) is 3.17. The summed E-state index contributed by atoms with van der Waals surface area (Å²) in [5.74, 6) is 0.110. The van der Waals surface area contributed by atoms with Crippen LogP contribution in [0, 0.1) is 18.3 Å². The molecule has 4 rings (SSSR count). The van der Waals surface area contributed by atoms with Gasteiger partial charge in [0.15, 0.2) is 0 Å². The van der Waals surface area contributed by atoms with Crippen molar-refractivity contribution in [1.82, 2.24) is 4.90 Å². The second-order valence-electron chi connectivity index (χ2n) is 5.88. The first-order valence-corrected chi connectivity index (χ1v) is 6.41. The largest absolute Gasteiger partial charge is 0.277 e. The molecule has 1 saturated carbocycles. The summed E-state index contributed by atoms with van der Waals surface area (Å²) in [5, 5.41) is 0. The molecule has 3 fully saturated rings. The molecule has 1 aromatic carbocycles. The van der Waals surface area contributed by atoms with E-state index in [1.165, 1.54) is 4.90 Å². The van der Waals surface area contributed by atoms with E-state index in [0.717, 1.165) is 24.0 Å². The molecule has 2 amide bonds. The lowest BCUT2D eigenvalue weighted by Crippen LogP contribution is -2.61. The standard InChI is InChI=1S/C15H17NO2/c1-10-4-3-5-11(6-10)9-16-13(17)12-7-15(2,8-12)14(16)18/h3-6,12H,7-9H2,1-2H3. The highest BCUT2D eigenvalue weighted by Crippen LogP contribution is 2.51. The molecule has 3 heteroatoms. The summed E-state index contributed by atoms with van der Waals surface area (Å²) in [5.41, 5.74) is 1.91. The van der Waals surface area contributed by atoms with E-state index < -0.39 is 0 Å². The summed E-state index contributed by atoms with van der Waals surface area (Å²) in [6.45, 7) is 4.41. The van der Waals surface area contributed by atoms with E-state index in [1.807, 2.05) is 38.1 Å². The van der Waals surface area contributed by atoms with Gasteiger partial charge >= 0.3 is 0 Å². The quantitative estimate of drug-likeness (QED) is 0.747. The molecular weight excluding hydrogens is 226 g/mol. The maximum absolute atomic E-state index is 12.3. The Kier molecular flexibility index (Phi) is 2.34. The molecule has 1 aromatic rings. The van der Waals surface area contributed by atoms with Gasteiger partial charge in [0.05, 0.1) is 6.54 Å². The molecule has 94 valence electrons. The third-order valence-corrected chi connectivity index (χ3v) is 4.19. The molecule has 0 unspecified atom stereocenters. The van der Waals surface area contributed by atoms with Crippen molar-refractivity contribution in [2.45, 2.75) is 33.2 Å². The molecule has 3 nitrogen and oxygen atoms in total. The Morgan fingerprint density at radius 1 is 1.33 bits per heavy atom. The number of nitrogens with zero attached hydrogens (tertiary/aromatic N) is 1. The van der Waals surface area contributed by atoms with Crippen LogP contribution >= 0.6 is 0 Å². The number of aryl methyl sites for hydroxylation is 1. The second-order valence-corrected chi connectivity index (χ2v) is 5.88. The number of amides is 2. The fourth-order valence-electron chi connectivity index (χ4n) is 3.17. The van der Waals surface area contributed by atoms with Crippen molar-refractivity contribution in [2.24, 2.45) is 11.3 Å². The Morgan fingerprint density at radius 2 is 2.06 bits per heavy atom. The Bertz CT molecular complexity index is 529. The monoisotopic (exact) mass is 243 g/mol. The molecular formula is C15H17NO2. The molecule has 2 heterocycles. The number of hydrogen-bond donors (Lipinski definition) is 0. The van der Waals surface area contributed by atoms with Gasteiger partial charge < -0.3 is 0 Å². The molecule has 0 radical (unpaired) electrons. The zero-order valence-corrected chi connectivity index (χ0v) is 10.8. The van der Waals surface area contributed by atoms with Gasteiger partial charge in [-0.3, -0.25) is 14.5 Å². The molecule has 2 bridgehead atoms. The lowest BCUT2D eigenvalue weighted by Gasteiger charge is -2.51. The number of benzene rings is 1. The van der Waals surface area contributed by atoms with Crippen LogP contribution in [0.1, 0.15) is 30.9 Å². The van der Waals surface area contributed by atoms with Gasteiger partial charge in [-0.15, -0.1) is 0 Å². The van der Waals surface area contributed by atoms with Crippen LogP contribution in [0.2, 0.25) is 0 Å². The van der Waals surface area contributed by atoms with Gasteiger partial charge in [0.25, 0.3) is 0 Å². The Hall–Kier alpha value is -1.64. The lowest BCUT2D eigenvalue weighted by atomic mass is 9.59. The third-order valence-electron chi connectivity index (χ3n) is 4.19. The lowest BCUT2D eigenvalue weighted by molar-refractivity contribution is -0.175. The number of fused-ring (bicyclic) bond motifs is 2. The van der Waals surface area contributed by atoms with Crippen LogP contribution in [-0.4, -0.2) is 16.7 Å². The predicted molar refractivity (Wildman–Crippen MR) is 67.6 cm³/mol. The highest BCUT2D eigenvalue weighted by atomic mass is 16.2. The minimum Gasteiger partial charge on any atom is -0.277 e. The molecule has 18 heavy (non-hydrogen) atoms. The summed E-state index contributed by atoms with van der Waals surface area (Å²) < 4.78 is 0. The second kappa shape index (κ2) is 3.67. The highest BCUT2D eigenvalue weighted by molar-refractivity contribution is 6.04. The van der Waals surface area contributed by atoms with Crippen LogP contribution in [-0.2, 0) is 16.1 Å². The van der Waals surface area contributed by atoms with E-state index in [4.69, 9.17) is 0 Å². The van der Waals surface area contributed by atoms with Crippen LogP contribution in [0.4, 0.5) is 0 Å². The SMILES string of the molecule is Cc1cccc(CN2C(=O)C3CC(C)(C3)C2=O)c1. The van der Waals surface area contributed by atoms with Crippen molar-refractivity contribution >= 4 is 11.8 Å². The average Bonchev–Trinajstić information content (AvgIpc) is 2.28. The van der Waals surface area contributed by atoms with E-state index >= 15 is 0 Å². The van der Waals surface area contributed by atoms with Gasteiger partial charge in [0, 0.05) is 11.3 Å². The summed E-state index contributed by atoms with van der Waals surface area (Å²) in [7, 11) is 0. The zero-order valence-electron chi connectivity index (χ0n) is 10.8. The minimum absolute atomic E-state index is 0.0107. The van der Waals surface area contributed by atoms with E-state index in [1.54, 1.807) is 0 Å². The zero-order chi connectivity index (χ0) is 12.9. The highest BCUT2D eigenvalue weighted by Gasteiger charge is 2.57. The first kappa shape index (κ1) is 11.5. The summed E-state index contributed by atoms with van der Waals surface area (Å²) in [6.07, 6.45) is 1.49. The Labute approximate surface area is 107 Å². The van der Waals surface area contributed by atoms with Gasteiger partial charge in [-0.05, 0) is 25.3 Å². The number of piperidine rings is 2. The topological polar surface area (TPSA) is 37.4 Å². The fraction of sp³-hybridized carbons (Fsp3) is 0.467. The first-order chi connectivity index (χ1) is 8.49. The van der Waals surface area contributed by atoms with E-state index in [2.05, 4.69) is 0 Å². The van der Waals surface area contributed by atoms with Gasteiger partial charge in [0.2, 0.25) is 11.8 Å². The van der Waals surface area contributed by atoms with Crippen LogP contribution in [0.5, 0.6) is 0 Å². The molecule has 0 spiro atoms. The van der Waals surface area contributed by atoms with Crippen LogP contribution < -0.4 is 0 Å². The first-order valence-electron chi connectivity index (χ1n) is 6.41. The van der Waals surface area contributed by atoms with Crippen molar-refractivity contribution < 1.29 is 9.59 Å². The van der Waals surface area contributed by atoms with Gasteiger partial charge in [-0.2, -0.15) is 0 Å². The molecule has 2 aliphatic heterocycles. The van der Waals surface area contributed by atoms with Gasteiger partial charge in [-0.25, -0.2) is 0 Å². The normalized spacial score (nSPS) is 30.3. The van der Waals surface area contributed by atoms with Gasteiger partial charge in [0.1, 0.15) is 0 Å². The summed E-state index contributed by atoms with van der Waals surface area (Å²) in [4.78, 5) is 25.9. The van der Waals surface area contributed by atoms with Crippen LogP contribution in [0.25, 0.3) is 0 Å².